The second-order valence-electron chi connectivity index (χ2n) is 6.12. The molecular formula is C22H23N3O4. The molecule has 150 valence electrons. The van der Waals surface area contributed by atoms with Crippen LogP contribution in [0.1, 0.15) is 15.9 Å². The maximum absolute atomic E-state index is 12.4. The number of pyridine rings is 1. The van der Waals surface area contributed by atoms with Crippen molar-refractivity contribution in [1.29, 1.82) is 0 Å². The number of nitrogens with zero attached hydrogens (tertiary/aromatic N) is 1. The molecular weight excluding hydrogens is 370 g/mol. The van der Waals surface area contributed by atoms with E-state index < -0.39 is 0 Å². The summed E-state index contributed by atoms with van der Waals surface area (Å²) in [5, 5.41) is 6.05. The highest BCUT2D eigenvalue weighted by Crippen LogP contribution is 2.30. The summed E-state index contributed by atoms with van der Waals surface area (Å²) < 4.78 is 15.9. The van der Waals surface area contributed by atoms with E-state index in [2.05, 4.69) is 15.6 Å². The fraction of sp³-hybridized carbons (Fsp3) is 0.182. The third-order valence-corrected chi connectivity index (χ3v) is 4.33. The lowest BCUT2D eigenvalue weighted by Gasteiger charge is -2.12. The summed E-state index contributed by atoms with van der Waals surface area (Å²) in [6.45, 7) is 0.367. The Morgan fingerprint density at radius 3 is 2.41 bits per heavy atom. The number of rotatable bonds is 8. The standard InChI is InChI=1S/C22H23N3O4/c1-27-17-9-10-18(20(12-17)29-3)25-21-11-8-16(14-23-21)22(26)24-13-15-6-4-5-7-19(15)28-2/h4-12,14H,13H2,1-3H3,(H,23,25)(H,24,26). The highest BCUT2D eigenvalue weighted by atomic mass is 16.5. The first-order valence-corrected chi connectivity index (χ1v) is 8.99. The minimum atomic E-state index is -0.211. The molecule has 0 spiro atoms. The molecule has 3 aromatic rings. The van der Waals surface area contributed by atoms with Gasteiger partial charge in [0.05, 0.1) is 32.6 Å². The van der Waals surface area contributed by atoms with Crippen molar-refractivity contribution in [3.8, 4) is 17.2 Å². The summed E-state index contributed by atoms with van der Waals surface area (Å²) in [4.78, 5) is 16.7. The Hall–Kier alpha value is -3.74. The second kappa shape index (κ2) is 9.45. The maximum atomic E-state index is 12.4. The summed E-state index contributed by atoms with van der Waals surface area (Å²) in [7, 11) is 4.79. The third kappa shape index (κ3) is 4.95. The number of aromatic nitrogens is 1. The Morgan fingerprint density at radius 1 is 0.931 bits per heavy atom. The fourth-order valence-electron chi connectivity index (χ4n) is 2.77. The van der Waals surface area contributed by atoms with Crippen LogP contribution in [0.3, 0.4) is 0 Å². The van der Waals surface area contributed by atoms with E-state index in [-0.39, 0.29) is 5.91 Å². The predicted molar refractivity (Wildman–Crippen MR) is 111 cm³/mol. The van der Waals surface area contributed by atoms with Crippen molar-refractivity contribution in [2.75, 3.05) is 26.6 Å². The number of benzene rings is 2. The van der Waals surface area contributed by atoms with E-state index in [1.807, 2.05) is 36.4 Å². The van der Waals surface area contributed by atoms with Crippen LogP contribution >= 0.6 is 0 Å². The first kappa shape index (κ1) is 20.0. The Kier molecular flexibility index (Phi) is 6.52. The molecule has 2 aromatic carbocycles. The molecule has 0 aliphatic carbocycles. The van der Waals surface area contributed by atoms with Crippen LogP contribution in [0.2, 0.25) is 0 Å². The molecule has 0 radical (unpaired) electrons. The largest absolute Gasteiger partial charge is 0.497 e. The van der Waals surface area contributed by atoms with Crippen molar-refractivity contribution in [3.63, 3.8) is 0 Å². The number of anilines is 2. The normalized spacial score (nSPS) is 10.2. The minimum absolute atomic E-state index is 0.211. The Bertz CT molecular complexity index is 974. The number of methoxy groups -OCH3 is 3. The molecule has 0 saturated heterocycles. The highest BCUT2D eigenvalue weighted by Gasteiger charge is 2.10. The van der Waals surface area contributed by atoms with E-state index in [0.717, 1.165) is 17.0 Å². The van der Waals surface area contributed by atoms with Crippen molar-refractivity contribution in [2.45, 2.75) is 6.54 Å². The van der Waals surface area contributed by atoms with Crippen LogP contribution in [0.4, 0.5) is 11.5 Å². The average molecular weight is 393 g/mol. The number of nitrogens with one attached hydrogen (secondary N) is 2. The van der Waals surface area contributed by atoms with Crippen molar-refractivity contribution >= 4 is 17.4 Å². The molecule has 0 fully saturated rings. The molecule has 2 N–H and O–H groups in total. The van der Waals surface area contributed by atoms with Crippen LogP contribution in [0, 0.1) is 0 Å². The molecule has 0 saturated carbocycles. The number of hydrogen-bond acceptors (Lipinski definition) is 6. The zero-order chi connectivity index (χ0) is 20.6. The van der Waals surface area contributed by atoms with Gasteiger partial charge in [0.2, 0.25) is 0 Å². The van der Waals surface area contributed by atoms with Crippen molar-refractivity contribution in [1.82, 2.24) is 10.3 Å². The molecule has 0 unspecified atom stereocenters. The number of hydrogen-bond donors (Lipinski definition) is 2. The van der Waals surface area contributed by atoms with Crippen molar-refractivity contribution in [3.05, 3.63) is 71.9 Å². The Labute approximate surface area is 169 Å². The van der Waals surface area contributed by atoms with Gasteiger partial charge in [-0.1, -0.05) is 18.2 Å². The molecule has 0 aliphatic heterocycles. The van der Waals surface area contributed by atoms with Gasteiger partial charge in [-0.25, -0.2) is 4.98 Å². The van der Waals surface area contributed by atoms with Crippen molar-refractivity contribution < 1.29 is 19.0 Å². The van der Waals surface area contributed by atoms with Gasteiger partial charge in [-0.2, -0.15) is 0 Å². The summed E-state index contributed by atoms with van der Waals surface area (Å²) in [5.74, 6) is 2.44. The molecule has 0 bridgehead atoms. The molecule has 3 rings (SSSR count). The van der Waals surface area contributed by atoms with E-state index in [1.54, 1.807) is 39.5 Å². The summed E-state index contributed by atoms with van der Waals surface area (Å²) >= 11 is 0. The Balaban J connectivity index is 1.64. The van der Waals surface area contributed by atoms with Gasteiger partial charge in [-0.3, -0.25) is 4.79 Å². The number of ether oxygens (including phenoxy) is 3. The number of amides is 1. The molecule has 1 heterocycles. The van der Waals surface area contributed by atoms with Gasteiger partial charge < -0.3 is 24.8 Å². The fourth-order valence-corrected chi connectivity index (χ4v) is 2.77. The van der Waals surface area contributed by atoms with E-state index in [4.69, 9.17) is 14.2 Å². The monoisotopic (exact) mass is 393 g/mol. The number of carbonyl (C=O) groups is 1. The van der Waals surface area contributed by atoms with Gasteiger partial charge in [0.1, 0.15) is 23.1 Å². The quantitative estimate of drug-likeness (QED) is 0.606. The van der Waals surface area contributed by atoms with Crippen LogP contribution < -0.4 is 24.8 Å². The Morgan fingerprint density at radius 2 is 1.72 bits per heavy atom. The van der Waals surface area contributed by atoms with Gasteiger partial charge in [0, 0.05) is 24.4 Å². The van der Waals surface area contributed by atoms with E-state index in [0.29, 0.717) is 29.4 Å². The first-order chi connectivity index (χ1) is 14.1. The highest BCUT2D eigenvalue weighted by molar-refractivity contribution is 5.94. The molecule has 1 amide bonds. The van der Waals surface area contributed by atoms with Crippen molar-refractivity contribution in [2.24, 2.45) is 0 Å². The smallest absolute Gasteiger partial charge is 0.253 e. The minimum Gasteiger partial charge on any atom is -0.497 e. The van der Waals surface area contributed by atoms with Gasteiger partial charge in [-0.05, 0) is 30.3 Å². The van der Waals surface area contributed by atoms with Crippen LogP contribution in [0.25, 0.3) is 0 Å². The van der Waals surface area contributed by atoms with Crippen LogP contribution in [-0.2, 0) is 6.54 Å². The van der Waals surface area contributed by atoms with E-state index >= 15 is 0 Å². The topological polar surface area (TPSA) is 81.7 Å². The van der Waals surface area contributed by atoms with Crippen LogP contribution in [0.5, 0.6) is 17.2 Å². The summed E-state index contributed by atoms with van der Waals surface area (Å²) in [6.07, 6.45) is 1.52. The molecule has 7 heteroatoms. The lowest BCUT2D eigenvalue weighted by Crippen LogP contribution is -2.23. The zero-order valence-electron chi connectivity index (χ0n) is 16.6. The SMILES string of the molecule is COc1ccc(Nc2ccc(C(=O)NCc3ccccc3OC)cn2)c(OC)c1. The lowest BCUT2D eigenvalue weighted by atomic mass is 10.2. The average Bonchev–Trinajstić information content (AvgIpc) is 2.78. The van der Waals surface area contributed by atoms with E-state index in [9.17, 15) is 4.79 Å². The number of carbonyl (C=O) groups excluding carboxylic acids is 1. The zero-order valence-corrected chi connectivity index (χ0v) is 16.6. The molecule has 0 aliphatic rings. The molecule has 7 nitrogen and oxygen atoms in total. The lowest BCUT2D eigenvalue weighted by molar-refractivity contribution is 0.0950. The first-order valence-electron chi connectivity index (χ1n) is 8.99. The second-order valence-corrected chi connectivity index (χ2v) is 6.12. The summed E-state index contributed by atoms with van der Waals surface area (Å²) in [6, 6.07) is 16.4. The van der Waals surface area contributed by atoms with Gasteiger partial charge in [0.25, 0.3) is 5.91 Å². The van der Waals surface area contributed by atoms with Gasteiger partial charge in [-0.15, -0.1) is 0 Å². The van der Waals surface area contributed by atoms with E-state index in [1.165, 1.54) is 6.20 Å². The predicted octanol–water partition coefficient (Wildman–Crippen LogP) is 3.78. The van der Waals surface area contributed by atoms with Gasteiger partial charge >= 0.3 is 0 Å². The maximum Gasteiger partial charge on any atom is 0.253 e. The summed E-state index contributed by atoms with van der Waals surface area (Å²) in [5.41, 5.74) is 2.11. The third-order valence-electron chi connectivity index (χ3n) is 4.33. The number of para-hydroxylation sites is 1. The molecule has 0 atom stereocenters. The van der Waals surface area contributed by atoms with Crippen LogP contribution in [0.15, 0.2) is 60.8 Å². The molecule has 1 aromatic heterocycles. The van der Waals surface area contributed by atoms with Gasteiger partial charge in [0.15, 0.2) is 0 Å². The molecule has 29 heavy (non-hydrogen) atoms. The van der Waals surface area contributed by atoms with Crippen LogP contribution in [-0.4, -0.2) is 32.2 Å².